The maximum absolute atomic E-state index is 12.2. The van der Waals surface area contributed by atoms with Crippen molar-refractivity contribution in [3.63, 3.8) is 0 Å². The molecule has 0 unspecified atom stereocenters. The van der Waals surface area contributed by atoms with Crippen LogP contribution in [-0.4, -0.2) is 34.2 Å². The Kier molecular flexibility index (Phi) is 5.56. The fourth-order valence-corrected chi connectivity index (χ4v) is 3.56. The quantitative estimate of drug-likeness (QED) is 0.740. The third-order valence-electron chi connectivity index (χ3n) is 5.12. The van der Waals surface area contributed by atoms with Crippen LogP contribution in [-0.2, 0) is 6.42 Å². The Balaban J connectivity index is 1.30. The Morgan fingerprint density at radius 3 is 2.50 bits per heavy atom. The summed E-state index contributed by atoms with van der Waals surface area (Å²) in [6, 6.07) is 17.8. The molecule has 1 N–H and O–H groups in total. The number of anilines is 2. The van der Waals surface area contributed by atoms with E-state index in [0.29, 0.717) is 17.3 Å². The zero-order chi connectivity index (χ0) is 19.2. The molecule has 6 heteroatoms. The van der Waals surface area contributed by atoms with Crippen molar-refractivity contribution in [2.24, 2.45) is 5.92 Å². The van der Waals surface area contributed by atoms with Crippen LogP contribution in [0.25, 0.3) is 0 Å². The normalized spacial score (nSPS) is 14.6. The predicted molar refractivity (Wildman–Crippen MR) is 109 cm³/mol. The fourth-order valence-electron chi connectivity index (χ4n) is 3.56. The molecule has 3 aromatic rings. The van der Waals surface area contributed by atoms with Gasteiger partial charge in [0.05, 0.1) is 5.56 Å². The molecule has 0 radical (unpaired) electrons. The standard InChI is InChI=1S/C22H23N5O/c28-22(19-7-4-12-23-16-19)24-20-8-9-21(26-25-20)27-13-10-18(11-14-27)15-17-5-2-1-3-6-17/h1-9,12,16,18H,10-11,13-15H2,(H,24,25,28). The summed E-state index contributed by atoms with van der Waals surface area (Å²) in [6.45, 7) is 1.96. The minimum atomic E-state index is -0.239. The maximum Gasteiger partial charge on any atom is 0.258 e. The molecule has 3 heterocycles. The van der Waals surface area contributed by atoms with Crippen LogP contribution >= 0.6 is 0 Å². The minimum absolute atomic E-state index is 0.239. The first-order valence-electron chi connectivity index (χ1n) is 9.62. The lowest BCUT2D eigenvalue weighted by Crippen LogP contribution is -2.35. The van der Waals surface area contributed by atoms with Gasteiger partial charge in [0.15, 0.2) is 11.6 Å². The number of aromatic nitrogens is 3. The Morgan fingerprint density at radius 2 is 1.82 bits per heavy atom. The van der Waals surface area contributed by atoms with Crippen molar-refractivity contribution >= 4 is 17.5 Å². The van der Waals surface area contributed by atoms with Gasteiger partial charge in [-0.3, -0.25) is 9.78 Å². The van der Waals surface area contributed by atoms with E-state index in [0.717, 1.165) is 38.2 Å². The summed E-state index contributed by atoms with van der Waals surface area (Å²) >= 11 is 0. The average molecular weight is 373 g/mol. The van der Waals surface area contributed by atoms with Gasteiger partial charge in [-0.05, 0) is 55.0 Å². The van der Waals surface area contributed by atoms with E-state index in [4.69, 9.17) is 0 Å². The summed E-state index contributed by atoms with van der Waals surface area (Å²) in [5, 5.41) is 11.2. The lowest BCUT2D eigenvalue weighted by atomic mass is 9.90. The van der Waals surface area contributed by atoms with Crippen LogP contribution in [0.15, 0.2) is 67.0 Å². The van der Waals surface area contributed by atoms with Crippen LogP contribution in [0.5, 0.6) is 0 Å². The van der Waals surface area contributed by atoms with Gasteiger partial charge in [0.1, 0.15) is 0 Å². The molecule has 1 amide bonds. The van der Waals surface area contributed by atoms with Gasteiger partial charge < -0.3 is 10.2 Å². The Labute approximate surface area is 164 Å². The van der Waals surface area contributed by atoms with E-state index >= 15 is 0 Å². The molecule has 4 rings (SSSR count). The highest BCUT2D eigenvalue weighted by Gasteiger charge is 2.20. The monoisotopic (exact) mass is 373 g/mol. The molecule has 1 saturated heterocycles. The fraction of sp³-hybridized carbons (Fsp3) is 0.273. The molecule has 0 saturated carbocycles. The summed E-state index contributed by atoms with van der Waals surface area (Å²) in [4.78, 5) is 18.4. The molecule has 0 aliphatic carbocycles. The highest BCUT2D eigenvalue weighted by atomic mass is 16.1. The van der Waals surface area contributed by atoms with Gasteiger partial charge in [-0.15, -0.1) is 10.2 Å². The summed E-state index contributed by atoms with van der Waals surface area (Å²) in [7, 11) is 0. The predicted octanol–water partition coefficient (Wildman–Crippen LogP) is 3.58. The molecular weight excluding hydrogens is 350 g/mol. The van der Waals surface area contributed by atoms with E-state index in [1.807, 2.05) is 6.07 Å². The number of carbonyl (C=O) groups excluding carboxylic acids is 1. The van der Waals surface area contributed by atoms with Crippen molar-refractivity contribution in [2.75, 3.05) is 23.3 Å². The van der Waals surface area contributed by atoms with Gasteiger partial charge in [-0.2, -0.15) is 0 Å². The molecule has 0 atom stereocenters. The first-order valence-corrected chi connectivity index (χ1v) is 9.62. The third kappa shape index (κ3) is 4.52. The maximum atomic E-state index is 12.2. The number of nitrogens with one attached hydrogen (secondary N) is 1. The molecule has 6 nitrogen and oxygen atoms in total. The molecule has 0 bridgehead atoms. The highest BCUT2D eigenvalue weighted by Crippen LogP contribution is 2.24. The molecule has 1 aliphatic heterocycles. The van der Waals surface area contributed by atoms with Gasteiger partial charge >= 0.3 is 0 Å². The summed E-state index contributed by atoms with van der Waals surface area (Å²) in [5.74, 6) is 1.77. The van der Waals surface area contributed by atoms with Gasteiger partial charge in [0.25, 0.3) is 5.91 Å². The number of amides is 1. The van der Waals surface area contributed by atoms with E-state index in [1.165, 1.54) is 11.8 Å². The third-order valence-corrected chi connectivity index (χ3v) is 5.12. The lowest BCUT2D eigenvalue weighted by molar-refractivity contribution is 0.102. The van der Waals surface area contributed by atoms with E-state index < -0.39 is 0 Å². The number of nitrogens with zero attached hydrogens (tertiary/aromatic N) is 4. The van der Waals surface area contributed by atoms with Crippen LogP contribution < -0.4 is 10.2 Å². The highest BCUT2D eigenvalue weighted by molar-refractivity contribution is 6.03. The first kappa shape index (κ1) is 18.1. The second kappa shape index (κ2) is 8.61. The van der Waals surface area contributed by atoms with Crippen LogP contribution in [0.1, 0.15) is 28.8 Å². The Bertz CT molecular complexity index is 891. The SMILES string of the molecule is O=C(Nc1ccc(N2CCC(Cc3ccccc3)CC2)nn1)c1cccnc1. The lowest BCUT2D eigenvalue weighted by Gasteiger charge is -2.32. The second-order valence-corrected chi connectivity index (χ2v) is 7.09. The molecule has 28 heavy (non-hydrogen) atoms. The minimum Gasteiger partial charge on any atom is -0.355 e. The summed E-state index contributed by atoms with van der Waals surface area (Å²) in [5.41, 5.74) is 1.91. The molecule has 0 spiro atoms. The first-order chi connectivity index (χ1) is 13.8. The Hall–Kier alpha value is -3.28. The van der Waals surface area contributed by atoms with Crippen molar-refractivity contribution in [3.8, 4) is 0 Å². The number of hydrogen-bond donors (Lipinski definition) is 1. The number of piperidine rings is 1. The summed E-state index contributed by atoms with van der Waals surface area (Å²) in [6.07, 6.45) is 6.59. The zero-order valence-electron chi connectivity index (χ0n) is 15.7. The zero-order valence-corrected chi connectivity index (χ0v) is 15.7. The van der Waals surface area contributed by atoms with Crippen molar-refractivity contribution in [2.45, 2.75) is 19.3 Å². The topological polar surface area (TPSA) is 71.0 Å². The molecule has 2 aromatic heterocycles. The molecule has 142 valence electrons. The van der Waals surface area contributed by atoms with Crippen LogP contribution in [0.2, 0.25) is 0 Å². The van der Waals surface area contributed by atoms with E-state index in [-0.39, 0.29) is 5.91 Å². The second-order valence-electron chi connectivity index (χ2n) is 7.09. The largest absolute Gasteiger partial charge is 0.355 e. The van der Waals surface area contributed by atoms with Crippen molar-refractivity contribution in [1.29, 1.82) is 0 Å². The molecule has 1 aromatic carbocycles. The van der Waals surface area contributed by atoms with E-state index in [9.17, 15) is 4.79 Å². The van der Waals surface area contributed by atoms with Gasteiger partial charge in [0.2, 0.25) is 0 Å². The smallest absolute Gasteiger partial charge is 0.258 e. The van der Waals surface area contributed by atoms with Crippen LogP contribution in [0, 0.1) is 5.92 Å². The molecule has 1 aliphatic rings. The number of benzene rings is 1. The number of rotatable bonds is 5. The van der Waals surface area contributed by atoms with Crippen molar-refractivity contribution in [1.82, 2.24) is 15.2 Å². The van der Waals surface area contributed by atoms with Crippen LogP contribution in [0.3, 0.4) is 0 Å². The van der Waals surface area contributed by atoms with E-state index in [1.54, 1.807) is 24.4 Å². The van der Waals surface area contributed by atoms with Crippen LogP contribution in [0.4, 0.5) is 11.6 Å². The average Bonchev–Trinajstić information content (AvgIpc) is 2.76. The summed E-state index contributed by atoms with van der Waals surface area (Å²) < 4.78 is 0. The number of carbonyl (C=O) groups is 1. The van der Waals surface area contributed by atoms with Gasteiger partial charge in [-0.1, -0.05) is 30.3 Å². The number of pyridine rings is 1. The molecule has 1 fully saturated rings. The van der Waals surface area contributed by atoms with Gasteiger partial charge in [0, 0.05) is 25.5 Å². The van der Waals surface area contributed by atoms with Crippen molar-refractivity contribution < 1.29 is 4.79 Å². The van der Waals surface area contributed by atoms with Gasteiger partial charge in [-0.25, -0.2) is 0 Å². The Morgan fingerprint density at radius 1 is 1.00 bits per heavy atom. The van der Waals surface area contributed by atoms with E-state index in [2.05, 4.69) is 55.7 Å². The van der Waals surface area contributed by atoms with Crippen molar-refractivity contribution in [3.05, 3.63) is 78.1 Å². The number of hydrogen-bond acceptors (Lipinski definition) is 5. The molecular formula is C22H23N5O.